The molecule has 0 spiro atoms. The summed E-state index contributed by atoms with van der Waals surface area (Å²) in [5.74, 6) is -2.11. The monoisotopic (exact) mass is 398 g/mol. The number of aromatic nitrogens is 3. The lowest BCUT2D eigenvalue weighted by molar-refractivity contribution is 0.0944. The summed E-state index contributed by atoms with van der Waals surface area (Å²) in [7, 11) is 1.66. The maximum Gasteiger partial charge on any atom is 0.269 e. The highest BCUT2D eigenvalue weighted by atomic mass is 19.1. The third kappa shape index (κ3) is 3.61. The van der Waals surface area contributed by atoms with Crippen LogP contribution in [0.1, 0.15) is 16.1 Å². The first-order valence-corrected chi connectivity index (χ1v) is 8.96. The number of benzene rings is 2. The number of fused-ring (bicyclic) bond motifs is 1. The zero-order chi connectivity index (χ0) is 20.5. The molecule has 0 bridgehead atoms. The lowest BCUT2D eigenvalue weighted by Crippen LogP contribution is -2.27. The maximum absolute atomic E-state index is 14.3. The van der Waals surface area contributed by atoms with Crippen LogP contribution in [-0.2, 0) is 13.5 Å². The Morgan fingerprint density at radius 1 is 1.10 bits per heavy atom. The Morgan fingerprint density at radius 3 is 2.55 bits per heavy atom. The third-order valence-electron chi connectivity index (χ3n) is 4.78. The van der Waals surface area contributed by atoms with Gasteiger partial charge in [-0.25, -0.2) is 13.2 Å². The average Bonchev–Trinajstić information content (AvgIpc) is 3.27. The number of aromatic amines is 1. The lowest BCUT2D eigenvalue weighted by Gasteiger charge is -2.08. The molecule has 1 amide bonds. The number of H-pyrrole nitrogens is 1. The number of halogens is 3. The van der Waals surface area contributed by atoms with Gasteiger partial charge in [0.1, 0.15) is 23.1 Å². The predicted molar refractivity (Wildman–Crippen MR) is 103 cm³/mol. The van der Waals surface area contributed by atoms with Crippen LogP contribution in [0.4, 0.5) is 13.2 Å². The van der Waals surface area contributed by atoms with Gasteiger partial charge in [0.05, 0.1) is 5.52 Å². The van der Waals surface area contributed by atoms with E-state index in [-0.39, 0.29) is 18.0 Å². The minimum absolute atomic E-state index is 0.165. The Labute approximate surface area is 164 Å². The molecule has 0 radical (unpaired) electrons. The molecule has 8 heteroatoms. The Kier molecular flexibility index (Phi) is 4.84. The molecule has 2 aromatic carbocycles. The summed E-state index contributed by atoms with van der Waals surface area (Å²) >= 11 is 0. The van der Waals surface area contributed by atoms with E-state index >= 15 is 0 Å². The van der Waals surface area contributed by atoms with Crippen LogP contribution in [0.15, 0.2) is 48.7 Å². The van der Waals surface area contributed by atoms with Gasteiger partial charge < -0.3 is 10.3 Å². The first kappa shape index (κ1) is 18.8. The van der Waals surface area contributed by atoms with Crippen LogP contribution in [0.2, 0.25) is 0 Å². The Bertz CT molecular complexity index is 1190. The number of nitrogens with zero attached hydrogens (tertiary/aromatic N) is 2. The maximum atomic E-state index is 14.3. The van der Waals surface area contributed by atoms with E-state index in [2.05, 4.69) is 15.4 Å². The van der Waals surface area contributed by atoms with E-state index in [9.17, 15) is 18.0 Å². The Balaban J connectivity index is 1.67. The molecule has 0 saturated carbocycles. The molecule has 5 nitrogen and oxygen atoms in total. The van der Waals surface area contributed by atoms with Crippen molar-refractivity contribution in [1.82, 2.24) is 20.1 Å². The third-order valence-corrected chi connectivity index (χ3v) is 4.78. The molecule has 4 aromatic rings. The van der Waals surface area contributed by atoms with Gasteiger partial charge in [-0.15, -0.1) is 0 Å². The molecule has 0 aliphatic carbocycles. The molecule has 2 heterocycles. The summed E-state index contributed by atoms with van der Waals surface area (Å²) in [6, 6.07) is 9.37. The first-order chi connectivity index (χ1) is 13.9. The van der Waals surface area contributed by atoms with Crippen LogP contribution in [0.3, 0.4) is 0 Å². The van der Waals surface area contributed by atoms with Gasteiger partial charge in [-0.2, -0.15) is 5.10 Å². The summed E-state index contributed by atoms with van der Waals surface area (Å²) in [6.07, 6.45) is 1.84. The zero-order valence-corrected chi connectivity index (χ0v) is 15.5. The quantitative estimate of drug-likeness (QED) is 0.535. The van der Waals surface area contributed by atoms with Crippen LogP contribution >= 0.6 is 0 Å². The second-order valence-corrected chi connectivity index (χ2v) is 6.64. The number of amides is 1. The van der Waals surface area contributed by atoms with Gasteiger partial charge in [-0.1, -0.05) is 0 Å². The number of hydrogen-bond acceptors (Lipinski definition) is 2. The summed E-state index contributed by atoms with van der Waals surface area (Å²) < 4.78 is 42.9. The van der Waals surface area contributed by atoms with E-state index in [0.29, 0.717) is 34.3 Å². The summed E-state index contributed by atoms with van der Waals surface area (Å²) in [5.41, 5.74) is 2.39. The number of rotatable bonds is 5. The van der Waals surface area contributed by atoms with Gasteiger partial charge in [-0.05, 0) is 53.9 Å². The minimum atomic E-state index is -0.714. The van der Waals surface area contributed by atoms with E-state index in [1.165, 1.54) is 29.1 Å². The second kappa shape index (κ2) is 7.46. The van der Waals surface area contributed by atoms with E-state index < -0.39 is 17.5 Å². The molecule has 0 aliphatic rings. The second-order valence-electron chi connectivity index (χ2n) is 6.64. The Hall–Kier alpha value is -3.55. The minimum Gasteiger partial charge on any atom is -0.352 e. The summed E-state index contributed by atoms with van der Waals surface area (Å²) in [4.78, 5) is 15.3. The Morgan fingerprint density at radius 2 is 1.86 bits per heavy atom. The fraction of sp³-hybridized carbons (Fsp3) is 0.143. The zero-order valence-electron chi connectivity index (χ0n) is 15.5. The molecule has 0 unspecified atom stereocenters. The van der Waals surface area contributed by atoms with Crippen molar-refractivity contribution >= 4 is 16.8 Å². The molecule has 2 N–H and O–H groups in total. The van der Waals surface area contributed by atoms with Gasteiger partial charge in [0.25, 0.3) is 5.91 Å². The predicted octanol–water partition coefficient (Wildman–Crippen LogP) is 3.96. The van der Waals surface area contributed by atoms with Gasteiger partial charge >= 0.3 is 0 Å². The van der Waals surface area contributed by atoms with Gasteiger partial charge in [0, 0.05) is 36.9 Å². The van der Waals surface area contributed by atoms with Crippen molar-refractivity contribution in [2.24, 2.45) is 7.05 Å². The fourth-order valence-corrected chi connectivity index (χ4v) is 3.38. The van der Waals surface area contributed by atoms with Crippen molar-refractivity contribution in [3.63, 3.8) is 0 Å². The summed E-state index contributed by atoms with van der Waals surface area (Å²) in [5, 5.41) is 7.12. The molecule has 2 aromatic heterocycles. The van der Waals surface area contributed by atoms with Crippen molar-refractivity contribution in [3.8, 4) is 11.3 Å². The van der Waals surface area contributed by atoms with E-state index in [1.54, 1.807) is 25.2 Å². The first-order valence-electron chi connectivity index (χ1n) is 8.96. The van der Waals surface area contributed by atoms with Crippen molar-refractivity contribution in [2.45, 2.75) is 6.42 Å². The highest BCUT2D eigenvalue weighted by Gasteiger charge is 2.18. The highest BCUT2D eigenvalue weighted by molar-refractivity contribution is 5.93. The average molecular weight is 398 g/mol. The SMILES string of the molecule is Cn1nccc1C(=O)NCCc1c(-c2ccc(F)cc2)[nH]c2c(F)cc(F)cc12. The fourth-order valence-electron chi connectivity index (χ4n) is 3.38. The normalized spacial score (nSPS) is 11.2. The molecular weight excluding hydrogens is 381 g/mol. The number of hydrogen-bond donors (Lipinski definition) is 2. The van der Waals surface area contributed by atoms with Crippen molar-refractivity contribution < 1.29 is 18.0 Å². The van der Waals surface area contributed by atoms with E-state index in [1.807, 2.05) is 0 Å². The molecule has 4 rings (SSSR count). The number of carbonyl (C=O) groups excluding carboxylic acids is 1. The number of carbonyl (C=O) groups is 1. The molecule has 0 aliphatic heterocycles. The van der Waals surface area contributed by atoms with Gasteiger partial charge in [0.2, 0.25) is 0 Å². The molecule has 0 atom stereocenters. The molecular formula is C21H17F3N4O. The molecule has 148 valence electrons. The van der Waals surface area contributed by atoms with Crippen LogP contribution in [0.25, 0.3) is 22.2 Å². The van der Waals surface area contributed by atoms with E-state index in [4.69, 9.17) is 0 Å². The lowest BCUT2D eigenvalue weighted by atomic mass is 10.0. The van der Waals surface area contributed by atoms with Crippen molar-refractivity contribution in [2.75, 3.05) is 6.54 Å². The molecule has 0 saturated heterocycles. The van der Waals surface area contributed by atoms with Crippen molar-refractivity contribution in [3.05, 3.63) is 77.4 Å². The standard InChI is InChI=1S/C21H17F3N4O/c1-28-18(7-9-26-28)21(29)25-8-6-15-16-10-14(23)11-17(24)20(16)27-19(15)12-2-4-13(22)5-3-12/h2-5,7,9-11,27H,6,8H2,1H3,(H,25,29). The van der Waals surface area contributed by atoms with Crippen LogP contribution < -0.4 is 5.32 Å². The molecule has 0 fully saturated rings. The molecule has 29 heavy (non-hydrogen) atoms. The smallest absolute Gasteiger partial charge is 0.269 e. The van der Waals surface area contributed by atoms with Gasteiger partial charge in [-0.3, -0.25) is 9.48 Å². The topological polar surface area (TPSA) is 62.7 Å². The van der Waals surface area contributed by atoms with E-state index in [0.717, 1.165) is 6.07 Å². The van der Waals surface area contributed by atoms with Crippen LogP contribution in [-0.4, -0.2) is 27.2 Å². The van der Waals surface area contributed by atoms with Gasteiger partial charge in [0.15, 0.2) is 0 Å². The number of aryl methyl sites for hydroxylation is 1. The largest absolute Gasteiger partial charge is 0.352 e. The van der Waals surface area contributed by atoms with Crippen molar-refractivity contribution in [1.29, 1.82) is 0 Å². The highest BCUT2D eigenvalue weighted by Crippen LogP contribution is 2.32. The summed E-state index contributed by atoms with van der Waals surface area (Å²) in [6.45, 7) is 0.239. The van der Waals surface area contributed by atoms with Crippen LogP contribution in [0.5, 0.6) is 0 Å². The van der Waals surface area contributed by atoms with Crippen LogP contribution in [0, 0.1) is 17.5 Å². The number of nitrogens with one attached hydrogen (secondary N) is 2.